The fraction of sp³-hybridized carbons (Fsp3) is 0.400. The van der Waals surface area contributed by atoms with Gasteiger partial charge in [-0.15, -0.1) is 0 Å². The van der Waals surface area contributed by atoms with Gasteiger partial charge in [0.1, 0.15) is 6.33 Å². The van der Waals surface area contributed by atoms with Crippen LogP contribution in [0.3, 0.4) is 0 Å². The zero-order valence-electron chi connectivity index (χ0n) is 13.2. The summed E-state index contributed by atoms with van der Waals surface area (Å²) in [5.41, 5.74) is 0.568. The summed E-state index contributed by atoms with van der Waals surface area (Å²) >= 11 is 12.0. The highest BCUT2D eigenvalue weighted by Crippen LogP contribution is 2.25. The predicted octanol–water partition coefficient (Wildman–Crippen LogP) is 2.26. The van der Waals surface area contributed by atoms with Gasteiger partial charge in [0.15, 0.2) is 0 Å². The van der Waals surface area contributed by atoms with Crippen LogP contribution in [0.5, 0.6) is 0 Å². The second kappa shape index (κ2) is 7.38. The molecule has 1 fully saturated rings. The number of anilines is 2. The molecule has 128 valence electrons. The molecule has 0 aliphatic carbocycles. The lowest BCUT2D eigenvalue weighted by Crippen LogP contribution is -2.53. The molecular formula is C15H18Cl2N6O. The van der Waals surface area contributed by atoms with E-state index in [0.717, 1.165) is 32.1 Å². The molecule has 1 atom stereocenters. The monoisotopic (exact) mass is 368 g/mol. The topological polar surface area (TPSA) is 77.2 Å². The van der Waals surface area contributed by atoms with Gasteiger partial charge in [-0.1, -0.05) is 23.2 Å². The minimum atomic E-state index is -0.256. The van der Waals surface area contributed by atoms with Crippen molar-refractivity contribution in [1.29, 1.82) is 0 Å². The number of piperazine rings is 1. The Kier molecular flexibility index (Phi) is 5.23. The third kappa shape index (κ3) is 3.80. The number of amides is 1. The highest BCUT2D eigenvalue weighted by Gasteiger charge is 2.26. The minimum Gasteiger partial charge on any atom is -0.339 e. The Morgan fingerprint density at radius 1 is 1.29 bits per heavy atom. The van der Waals surface area contributed by atoms with E-state index >= 15 is 0 Å². The molecule has 0 radical (unpaired) electrons. The third-order valence-corrected chi connectivity index (χ3v) is 4.68. The van der Waals surface area contributed by atoms with Crippen LogP contribution in [-0.4, -0.2) is 58.2 Å². The van der Waals surface area contributed by atoms with Gasteiger partial charge in [0.2, 0.25) is 11.9 Å². The van der Waals surface area contributed by atoms with Crippen molar-refractivity contribution >= 4 is 40.7 Å². The van der Waals surface area contributed by atoms with E-state index in [4.69, 9.17) is 23.2 Å². The molecule has 1 saturated heterocycles. The molecule has 9 heteroatoms. The van der Waals surface area contributed by atoms with Crippen molar-refractivity contribution in [1.82, 2.24) is 20.1 Å². The Morgan fingerprint density at radius 2 is 2.04 bits per heavy atom. The Hall–Kier alpha value is -1.83. The number of benzene rings is 1. The molecule has 1 aromatic heterocycles. The Labute approximate surface area is 149 Å². The quantitative estimate of drug-likeness (QED) is 0.865. The second-order valence-electron chi connectivity index (χ2n) is 5.62. The van der Waals surface area contributed by atoms with Crippen LogP contribution in [-0.2, 0) is 4.79 Å². The van der Waals surface area contributed by atoms with E-state index in [-0.39, 0.29) is 11.9 Å². The van der Waals surface area contributed by atoms with Crippen molar-refractivity contribution in [3.05, 3.63) is 34.6 Å². The molecule has 1 aliphatic rings. The highest BCUT2D eigenvalue weighted by atomic mass is 35.5. The number of H-pyrrole nitrogens is 1. The first-order valence-corrected chi connectivity index (χ1v) is 8.40. The van der Waals surface area contributed by atoms with Gasteiger partial charge in [-0.3, -0.25) is 9.69 Å². The number of nitrogens with zero attached hydrogens (tertiary/aromatic N) is 4. The zero-order chi connectivity index (χ0) is 17.1. The molecule has 0 bridgehead atoms. The molecule has 2 heterocycles. The van der Waals surface area contributed by atoms with Crippen LogP contribution in [0.2, 0.25) is 10.0 Å². The van der Waals surface area contributed by atoms with E-state index in [1.807, 2.05) is 6.92 Å². The summed E-state index contributed by atoms with van der Waals surface area (Å²) < 4.78 is 0. The van der Waals surface area contributed by atoms with E-state index in [9.17, 15) is 4.79 Å². The number of nitrogens with one attached hydrogen (secondary N) is 2. The largest absolute Gasteiger partial charge is 0.339 e. The lowest BCUT2D eigenvalue weighted by Gasteiger charge is -2.37. The van der Waals surface area contributed by atoms with Crippen molar-refractivity contribution in [2.75, 3.05) is 36.4 Å². The maximum atomic E-state index is 12.5. The summed E-state index contributed by atoms with van der Waals surface area (Å²) in [5.74, 6) is 0.673. The van der Waals surface area contributed by atoms with Crippen molar-refractivity contribution in [2.45, 2.75) is 13.0 Å². The van der Waals surface area contributed by atoms with Gasteiger partial charge in [-0.05, 0) is 25.1 Å². The fourth-order valence-electron chi connectivity index (χ4n) is 2.67. The Morgan fingerprint density at radius 3 is 2.67 bits per heavy atom. The first-order valence-electron chi connectivity index (χ1n) is 7.65. The number of hydrogen-bond acceptors (Lipinski definition) is 5. The van der Waals surface area contributed by atoms with Gasteiger partial charge in [-0.25, -0.2) is 5.10 Å². The van der Waals surface area contributed by atoms with E-state index in [0.29, 0.717) is 15.7 Å². The summed E-state index contributed by atoms with van der Waals surface area (Å²) in [6, 6.07) is 4.76. The maximum Gasteiger partial charge on any atom is 0.241 e. The van der Waals surface area contributed by atoms with E-state index in [2.05, 4.69) is 30.3 Å². The van der Waals surface area contributed by atoms with Crippen LogP contribution in [0.15, 0.2) is 24.5 Å². The van der Waals surface area contributed by atoms with Crippen LogP contribution in [0.25, 0.3) is 0 Å². The van der Waals surface area contributed by atoms with E-state index in [1.165, 1.54) is 6.33 Å². The summed E-state index contributed by atoms with van der Waals surface area (Å²) in [6.45, 7) is 5.00. The number of halogens is 2. The molecule has 1 aromatic carbocycles. The van der Waals surface area contributed by atoms with Crippen molar-refractivity contribution in [3.63, 3.8) is 0 Å². The normalized spacial score (nSPS) is 16.9. The zero-order valence-corrected chi connectivity index (χ0v) is 14.7. The number of carbonyl (C=O) groups is 1. The number of carbonyl (C=O) groups excluding carboxylic acids is 1. The molecule has 0 spiro atoms. The highest BCUT2D eigenvalue weighted by molar-refractivity contribution is 6.36. The van der Waals surface area contributed by atoms with Crippen molar-refractivity contribution < 1.29 is 4.79 Å². The average Bonchev–Trinajstić information content (AvgIpc) is 3.11. The summed E-state index contributed by atoms with van der Waals surface area (Å²) in [4.78, 5) is 20.9. The molecule has 1 amide bonds. The van der Waals surface area contributed by atoms with Gasteiger partial charge >= 0.3 is 0 Å². The van der Waals surface area contributed by atoms with E-state index in [1.54, 1.807) is 18.2 Å². The first-order chi connectivity index (χ1) is 11.5. The summed E-state index contributed by atoms with van der Waals surface area (Å²) in [5, 5.41) is 10.5. The molecule has 2 N–H and O–H groups in total. The number of rotatable bonds is 4. The van der Waals surface area contributed by atoms with Crippen LogP contribution in [0.1, 0.15) is 6.92 Å². The van der Waals surface area contributed by atoms with Crippen molar-refractivity contribution in [3.8, 4) is 0 Å². The standard InChI is InChI=1S/C15H18Cl2N6O/c1-10(14(24)20-13-3-2-11(16)8-12(13)17)22-4-6-23(7-5-22)15-18-9-19-21-15/h2-3,8-10H,4-7H2,1H3,(H,20,24)(H,18,19,21). The van der Waals surface area contributed by atoms with Crippen molar-refractivity contribution in [2.24, 2.45) is 0 Å². The number of hydrogen-bond donors (Lipinski definition) is 2. The average molecular weight is 369 g/mol. The molecule has 3 rings (SSSR count). The van der Waals surface area contributed by atoms with E-state index < -0.39 is 0 Å². The molecule has 24 heavy (non-hydrogen) atoms. The van der Waals surface area contributed by atoms with Crippen LogP contribution in [0, 0.1) is 0 Å². The molecule has 0 saturated carbocycles. The van der Waals surface area contributed by atoms with Gasteiger partial charge in [0.05, 0.1) is 16.8 Å². The number of aromatic nitrogens is 3. The minimum absolute atomic E-state index is 0.0904. The Bertz CT molecular complexity index is 700. The predicted molar refractivity (Wildman–Crippen MR) is 94.7 cm³/mol. The first kappa shape index (κ1) is 17.0. The molecular weight excluding hydrogens is 351 g/mol. The summed E-state index contributed by atoms with van der Waals surface area (Å²) in [7, 11) is 0. The Balaban J connectivity index is 1.56. The molecule has 1 unspecified atom stereocenters. The van der Waals surface area contributed by atoms with Gasteiger partial charge < -0.3 is 10.2 Å². The van der Waals surface area contributed by atoms with Gasteiger partial charge in [-0.2, -0.15) is 10.1 Å². The smallest absolute Gasteiger partial charge is 0.241 e. The SMILES string of the molecule is CC(C(=O)Nc1ccc(Cl)cc1Cl)N1CCN(c2ncn[nH]2)CC1. The number of aromatic amines is 1. The van der Waals surface area contributed by atoms with Crippen LogP contribution >= 0.6 is 23.2 Å². The van der Waals surface area contributed by atoms with Gasteiger partial charge in [0, 0.05) is 31.2 Å². The summed E-state index contributed by atoms with van der Waals surface area (Å²) in [6.07, 6.45) is 1.49. The van der Waals surface area contributed by atoms with Gasteiger partial charge in [0.25, 0.3) is 0 Å². The second-order valence-corrected chi connectivity index (χ2v) is 6.47. The molecule has 1 aliphatic heterocycles. The fourth-order valence-corrected chi connectivity index (χ4v) is 3.12. The maximum absolute atomic E-state index is 12.5. The molecule has 2 aromatic rings. The lowest BCUT2D eigenvalue weighted by molar-refractivity contribution is -0.120. The lowest BCUT2D eigenvalue weighted by atomic mass is 10.2. The van der Waals surface area contributed by atoms with Crippen LogP contribution in [0.4, 0.5) is 11.6 Å². The third-order valence-electron chi connectivity index (χ3n) is 4.13. The molecule has 7 nitrogen and oxygen atoms in total. The van der Waals surface area contributed by atoms with Crippen LogP contribution < -0.4 is 10.2 Å².